The van der Waals surface area contributed by atoms with Crippen molar-refractivity contribution in [3.05, 3.63) is 18.0 Å². The number of aromatic nitrogens is 2. The van der Waals surface area contributed by atoms with E-state index in [4.69, 9.17) is 4.74 Å². The molecule has 1 aromatic rings. The molecule has 3 rings (SSSR count). The van der Waals surface area contributed by atoms with Crippen molar-refractivity contribution in [3.63, 3.8) is 0 Å². The van der Waals surface area contributed by atoms with Crippen LogP contribution >= 0.6 is 0 Å². The van der Waals surface area contributed by atoms with Gasteiger partial charge in [-0.25, -0.2) is 0 Å². The van der Waals surface area contributed by atoms with Crippen molar-refractivity contribution in [2.75, 3.05) is 13.7 Å². The van der Waals surface area contributed by atoms with E-state index in [1.54, 1.807) is 0 Å². The summed E-state index contributed by atoms with van der Waals surface area (Å²) in [5.74, 6) is 0.756. The standard InChI is InChI=1S/C12H19N3O/c1-14-6-9(5-13-14)7-15-8-10-3-11(15)4-12(10)16-2/h5-6,10-12H,3-4,7-8H2,1-2H3/t10-,11+,12+/m0/s1. The van der Waals surface area contributed by atoms with Crippen molar-refractivity contribution in [1.82, 2.24) is 14.7 Å². The predicted molar refractivity (Wildman–Crippen MR) is 60.9 cm³/mol. The molecule has 16 heavy (non-hydrogen) atoms. The normalized spacial score (nSPS) is 33.8. The van der Waals surface area contributed by atoms with E-state index in [2.05, 4.69) is 16.2 Å². The number of likely N-dealkylation sites (tertiary alicyclic amines) is 1. The van der Waals surface area contributed by atoms with Crippen LogP contribution in [0.4, 0.5) is 0 Å². The van der Waals surface area contributed by atoms with E-state index in [9.17, 15) is 0 Å². The molecule has 1 aromatic heterocycles. The molecule has 0 spiro atoms. The Morgan fingerprint density at radius 3 is 2.94 bits per heavy atom. The lowest BCUT2D eigenvalue weighted by atomic mass is 10.1. The lowest BCUT2D eigenvalue weighted by molar-refractivity contribution is 0.0309. The predicted octanol–water partition coefficient (Wildman–Crippen LogP) is 1.03. The van der Waals surface area contributed by atoms with Gasteiger partial charge in [-0.3, -0.25) is 9.58 Å². The van der Waals surface area contributed by atoms with Crippen LogP contribution in [0.3, 0.4) is 0 Å². The highest BCUT2D eigenvalue weighted by Gasteiger charge is 2.44. The van der Waals surface area contributed by atoms with Crippen LogP contribution < -0.4 is 0 Å². The largest absolute Gasteiger partial charge is 0.381 e. The first-order valence-corrected chi connectivity index (χ1v) is 6.00. The smallest absolute Gasteiger partial charge is 0.0627 e. The van der Waals surface area contributed by atoms with Gasteiger partial charge in [-0.05, 0) is 18.8 Å². The van der Waals surface area contributed by atoms with Gasteiger partial charge in [0.05, 0.1) is 12.3 Å². The maximum absolute atomic E-state index is 5.50. The van der Waals surface area contributed by atoms with Crippen molar-refractivity contribution in [2.24, 2.45) is 13.0 Å². The van der Waals surface area contributed by atoms with Crippen molar-refractivity contribution < 1.29 is 4.74 Å². The average molecular weight is 221 g/mol. The van der Waals surface area contributed by atoms with Crippen LogP contribution in [0.2, 0.25) is 0 Å². The topological polar surface area (TPSA) is 30.3 Å². The minimum Gasteiger partial charge on any atom is -0.381 e. The second-order valence-corrected chi connectivity index (χ2v) is 5.11. The van der Waals surface area contributed by atoms with E-state index in [0.717, 1.165) is 18.5 Å². The maximum atomic E-state index is 5.50. The quantitative estimate of drug-likeness (QED) is 0.763. The van der Waals surface area contributed by atoms with Crippen molar-refractivity contribution >= 4 is 0 Å². The molecule has 0 N–H and O–H groups in total. The lowest BCUT2D eigenvalue weighted by Gasteiger charge is -2.30. The molecule has 88 valence electrons. The zero-order chi connectivity index (χ0) is 11.1. The van der Waals surface area contributed by atoms with E-state index in [0.29, 0.717) is 6.10 Å². The SMILES string of the molecule is CO[C@@H]1C[C@H]2C[C@H]1CN2Cc1cnn(C)c1. The molecule has 4 nitrogen and oxygen atoms in total. The van der Waals surface area contributed by atoms with Crippen LogP contribution in [0.1, 0.15) is 18.4 Å². The zero-order valence-corrected chi connectivity index (χ0v) is 9.97. The summed E-state index contributed by atoms with van der Waals surface area (Å²) >= 11 is 0. The highest BCUT2D eigenvalue weighted by atomic mass is 16.5. The third-order valence-corrected chi connectivity index (χ3v) is 4.04. The van der Waals surface area contributed by atoms with Gasteiger partial charge in [-0.2, -0.15) is 5.10 Å². The Balaban J connectivity index is 1.63. The summed E-state index contributed by atoms with van der Waals surface area (Å²) in [7, 11) is 3.82. The molecule has 4 heteroatoms. The number of rotatable bonds is 3. The van der Waals surface area contributed by atoms with E-state index < -0.39 is 0 Å². The molecule has 0 aromatic carbocycles. The minimum atomic E-state index is 0.509. The first kappa shape index (κ1) is 10.3. The van der Waals surface area contributed by atoms with Gasteiger partial charge < -0.3 is 4.74 Å². The fourth-order valence-electron chi connectivity index (χ4n) is 3.27. The van der Waals surface area contributed by atoms with Crippen molar-refractivity contribution in [3.8, 4) is 0 Å². The van der Waals surface area contributed by atoms with Gasteiger partial charge in [0.2, 0.25) is 0 Å². The Morgan fingerprint density at radius 2 is 2.38 bits per heavy atom. The summed E-state index contributed by atoms with van der Waals surface area (Å²) in [5, 5.41) is 4.22. The third kappa shape index (κ3) is 1.66. The van der Waals surface area contributed by atoms with Gasteiger partial charge >= 0.3 is 0 Å². The van der Waals surface area contributed by atoms with Gasteiger partial charge in [0.25, 0.3) is 0 Å². The van der Waals surface area contributed by atoms with Gasteiger partial charge in [-0.15, -0.1) is 0 Å². The van der Waals surface area contributed by atoms with Crippen LogP contribution in [-0.4, -0.2) is 40.5 Å². The molecule has 0 radical (unpaired) electrons. The molecule has 1 aliphatic heterocycles. The summed E-state index contributed by atoms with van der Waals surface area (Å²) in [4.78, 5) is 2.58. The molecule has 2 aliphatic rings. The summed E-state index contributed by atoms with van der Waals surface area (Å²) in [5.41, 5.74) is 1.32. The van der Waals surface area contributed by atoms with E-state index in [-0.39, 0.29) is 0 Å². The molecule has 2 heterocycles. The Morgan fingerprint density at radius 1 is 1.50 bits per heavy atom. The number of ether oxygens (including phenoxy) is 1. The first-order chi connectivity index (χ1) is 7.76. The Bertz CT molecular complexity index is 376. The van der Waals surface area contributed by atoms with Crippen LogP contribution in [-0.2, 0) is 18.3 Å². The maximum Gasteiger partial charge on any atom is 0.0627 e. The molecule has 1 aliphatic carbocycles. The summed E-state index contributed by atoms with van der Waals surface area (Å²) in [6, 6.07) is 0.732. The molecule has 0 amide bonds. The minimum absolute atomic E-state index is 0.509. The fourth-order valence-corrected chi connectivity index (χ4v) is 3.27. The zero-order valence-electron chi connectivity index (χ0n) is 9.97. The molecule has 1 saturated heterocycles. The molecule has 3 atom stereocenters. The summed E-state index contributed by atoms with van der Waals surface area (Å²) < 4.78 is 7.38. The summed E-state index contributed by atoms with van der Waals surface area (Å²) in [6.07, 6.45) is 7.12. The lowest BCUT2D eigenvalue weighted by Crippen LogP contribution is -2.37. The third-order valence-electron chi connectivity index (χ3n) is 4.04. The van der Waals surface area contributed by atoms with E-state index in [1.807, 2.05) is 25.0 Å². The van der Waals surface area contributed by atoms with E-state index >= 15 is 0 Å². The number of hydrogen-bond acceptors (Lipinski definition) is 3. The second kappa shape index (κ2) is 3.86. The molecule has 2 bridgehead atoms. The fraction of sp³-hybridized carbons (Fsp3) is 0.750. The van der Waals surface area contributed by atoms with Crippen molar-refractivity contribution in [2.45, 2.75) is 31.5 Å². The second-order valence-electron chi connectivity index (χ2n) is 5.11. The van der Waals surface area contributed by atoms with Crippen LogP contribution in [0.5, 0.6) is 0 Å². The van der Waals surface area contributed by atoms with Crippen molar-refractivity contribution in [1.29, 1.82) is 0 Å². The number of methoxy groups -OCH3 is 1. The monoisotopic (exact) mass is 221 g/mol. The first-order valence-electron chi connectivity index (χ1n) is 6.00. The number of nitrogens with zero attached hydrogens (tertiary/aromatic N) is 3. The van der Waals surface area contributed by atoms with Gasteiger partial charge in [0.1, 0.15) is 0 Å². The molecule has 2 fully saturated rings. The number of hydrogen-bond donors (Lipinski definition) is 0. The Hall–Kier alpha value is -0.870. The van der Waals surface area contributed by atoms with Gasteiger partial charge in [0.15, 0.2) is 0 Å². The van der Waals surface area contributed by atoms with Crippen LogP contribution in [0, 0.1) is 5.92 Å². The Labute approximate surface area is 96.2 Å². The molecular formula is C12H19N3O. The Kier molecular flexibility index (Phi) is 2.48. The molecular weight excluding hydrogens is 202 g/mol. The highest BCUT2D eigenvalue weighted by Crippen LogP contribution is 2.39. The number of aryl methyl sites for hydroxylation is 1. The van der Waals surface area contributed by atoms with E-state index in [1.165, 1.54) is 24.9 Å². The average Bonchev–Trinajstić information content (AvgIpc) is 2.93. The number of fused-ring (bicyclic) bond motifs is 2. The van der Waals surface area contributed by atoms with Gasteiger partial charge in [-0.1, -0.05) is 0 Å². The summed E-state index contributed by atoms with van der Waals surface area (Å²) in [6.45, 7) is 2.24. The molecule has 1 saturated carbocycles. The van der Waals surface area contributed by atoms with Crippen LogP contribution in [0.15, 0.2) is 12.4 Å². The number of piperidine rings is 1. The highest BCUT2D eigenvalue weighted by molar-refractivity contribution is 5.07. The van der Waals surface area contributed by atoms with Gasteiger partial charge in [0, 0.05) is 45.0 Å². The van der Waals surface area contributed by atoms with Crippen LogP contribution in [0.25, 0.3) is 0 Å². The molecule has 0 unspecified atom stereocenters.